The van der Waals surface area contributed by atoms with Crippen molar-refractivity contribution in [3.8, 4) is 0 Å². The van der Waals surface area contributed by atoms with Crippen molar-refractivity contribution in [3.63, 3.8) is 0 Å². The Labute approximate surface area is 113 Å². The van der Waals surface area contributed by atoms with Crippen LogP contribution in [0.15, 0.2) is 29.2 Å². The van der Waals surface area contributed by atoms with Gasteiger partial charge >= 0.3 is 0 Å². The first-order valence-corrected chi connectivity index (χ1v) is 6.05. The zero-order valence-corrected chi connectivity index (χ0v) is 11.9. The van der Waals surface area contributed by atoms with Crippen molar-refractivity contribution in [1.29, 1.82) is 0 Å². The quantitative estimate of drug-likeness (QED) is 0.642. The Balaban J connectivity index is 0.00000196. The van der Waals surface area contributed by atoms with E-state index >= 15 is 0 Å². The number of hydrogen-bond acceptors (Lipinski definition) is 2. The predicted octanol–water partition coefficient (Wildman–Crippen LogP) is 1.90. The van der Waals surface area contributed by atoms with Gasteiger partial charge in [-0.15, -0.1) is 0 Å². The molecule has 0 bridgehead atoms. The zero-order chi connectivity index (χ0) is 10.6. The van der Waals surface area contributed by atoms with Gasteiger partial charge in [-0.1, -0.05) is 31.5 Å². The second kappa shape index (κ2) is 6.66. The van der Waals surface area contributed by atoms with Gasteiger partial charge in [0.2, 0.25) is 0 Å². The average Bonchev–Trinajstić information content (AvgIpc) is 2.14. The molecule has 3 nitrogen and oxygen atoms in total. The van der Waals surface area contributed by atoms with Gasteiger partial charge in [0, 0.05) is 29.6 Å². The molecule has 0 amide bonds. The van der Waals surface area contributed by atoms with E-state index in [0.29, 0.717) is 12.0 Å². The summed E-state index contributed by atoms with van der Waals surface area (Å²) >= 11 is 0. The van der Waals surface area contributed by atoms with E-state index in [1.54, 1.807) is 18.2 Å². The van der Waals surface area contributed by atoms with Crippen LogP contribution in [-0.2, 0) is 16.5 Å². The minimum Gasteiger partial charge on any atom is -0.282 e. The summed E-state index contributed by atoms with van der Waals surface area (Å²) in [6.07, 6.45) is 2.61. The minimum absolute atomic E-state index is 0. The molecule has 0 spiro atoms. The van der Waals surface area contributed by atoms with Crippen LogP contribution in [0.5, 0.6) is 0 Å². The standard InChI is InChI=1S/C10H14O3S.Na/c1-2-3-6-9-7-4-5-8-10(9)14(11,12)13;/h4-5,7-8H,2-3,6H2,1H3,(H,11,12,13);. The summed E-state index contributed by atoms with van der Waals surface area (Å²) < 4.78 is 30.9. The average molecular weight is 237 g/mol. The molecule has 0 heterocycles. The Hall–Kier alpha value is 0.130. The van der Waals surface area contributed by atoms with E-state index in [1.807, 2.05) is 6.92 Å². The van der Waals surface area contributed by atoms with E-state index < -0.39 is 10.1 Å². The first-order valence-electron chi connectivity index (χ1n) is 4.61. The van der Waals surface area contributed by atoms with Crippen molar-refractivity contribution >= 4 is 39.7 Å². The molecule has 0 unspecified atom stereocenters. The molecular weight excluding hydrogens is 223 g/mol. The van der Waals surface area contributed by atoms with Crippen LogP contribution in [0.3, 0.4) is 0 Å². The number of benzene rings is 1. The summed E-state index contributed by atoms with van der Waals surface area (Å²) in [7, 11) is -4.06. The van der Waals surface area contributed by atoms with Gasteiger partial charge in [-0.05, 0) is 24.5 Å². The monoisotopic (exact) mass is 237 g/mol. The van der Waals surface area contributed by atoms with E-state index in [4.69, 9.17) is 4.55 Å². The van der Waals surface area contributed by atoms with Gasteiger partial charge in [0.05, 0.1) is 4.90 Å². The molecule has 1 N–H and O–H groups in total. The molecule has 0 saturated carbocycles. The minimum atomic E-state index is -4.06. The second-order valence-electron chi connectivity index (χ2n) is 3.19. The van der Waals surface area contributed by atoms with E-state index in [2.05, 4.69) is 0 Å². The maximum atomic E-state index is 11.0. The second-order valence-corrected chi connectivity index (χ2v) is 4.58. The molecule has 0 atom stereocenters. The molecule has 1 rings (SSSR count). The fourth-order valence-electron chi connectivity index (χ4n) is 1.33. The van der Waals surface area contributed by atoms with Crippen LogP contribution in [-0.4, -0.2) is 42.5 Å². The molecule has 0 aliphatic rings. The van der Waals surface area contributed by atoms with Crippen molar-refractivity contribution in [2.45, 2.75) is 31.1 Å². The van der Waals surface area contributed by atoms with Gasteiger partial charge in [0.15, 0.2) is 0 Å². The number of hydrogen-bond donors (Lipinski definition) is 1. The molecule has 0 aliphatic carbocycles. The molecule has 79 valence electrons. The summed E-state index contributed by atoms with van der Waals surface area (Å²) in [5.74, 6) is 0. The molecule has 1 aromatic rings. The fraction of sp³-hybridized carbons (Fsp3) is 0.400. The molecule has 1 radical (unpaired) electrons. The summed E-state index contributed by atoms with van der Waals surface area (Å²) in [5, 5.41) is 0. The Morgan fingerprint density at radius 3 is 2.40 bits per heavy atom. The molecule has 0 saturated heterocycles. The first kappa shape index (κ1) is 15.1. The molecule has 0 aliphatic heterocycles. The maximum Gasteiger partial charge on any atom is 0.294 e. The third kappa shape index (κ3) is 4.66. The van der Waals surface area contributed by atoms with Crippen LogP contribution in [0, 0.1) is 0 Å². The van der Waals surface area contributed by atoms with Crippen LogP contribution in [0.2, 0.25) is 0 Å². The molecular formula is C10H14NaO3S. The Morgan fingerprint density at radius 2 is 1.87 bits per heavy atom. The third-order valence-corrected chi connectivity index (χ3v) is 3.00. The number of aryl methyl sites for hydroxylation is 1. The summed E-state index contributed by atoms with van der Waals surface area (Å²) in [6.45, 7) is 2.04. The summed E-state index contributed by atoms with van der Waals surface area (Å²) in [6, 6.07) is 6.55. The SMILES string of the molecule is CCCCc1ccccc1S(=O)(=O)O.[Na]. The van der Waals surface area contributed by atoms with E-state index in [9.17, 15) is 8.42 Å². The van der Waals surface area contributed by atoms with Crippen molar-refractivity contribution in [3.05, 3.63) is 29.8 Å². The summed E-state index contributed by atoms with van der Waals surface area (Å²) in [4.78, 5) is 0.0356. The predicted molar refractivity (Wildman–Crippen MR) is 60.6 cm³/mol. The first-order chi connectivity index (χ1) is 6.55. The molecule has 0 aromatic heterocycles. The molecule has 5 heteroatoms. The topological polar surface area (TPSA) is 54.4 Å². The maximum absolute atomic E-state index is 11.0. The van der Waals surface area contributed by atoms with Crippen LogP contribution in [0.4, 0.5) is 0 Å². The van der Waals surface area contributed by atoms with Crippen molar-refractivity contribution < 1.29 is 13.0 Å². The van der Waals surface area contributed by atoms with E-state index in [0.717, 1.165) is 12.8 Å². The van der Waals surface area contributed by atoms with E-state index in [1.165, 1.54) is 6.07 Å². The van der Waals surface area contributed by atoms with Crippen molar-refractivity contribution in [1.82, 2.24) is 0 Å². The third-order valence-electron chi connectivity index (χ3n) is 2.05. The van der Waals surface area contributed by atoms with E-state index in [-0.39, 0.29) is 34.5 Å². The van der Waals surface area contributed by atoms with Gasteiger partial charge < -0.3 is 0 Å². The van der Waals surface area contributed by atoms with Crippen LogP contribution in [0.25, 0.3) is 0 Å². The van der Waals surface area contributed by atoms with Crippen LogP contribution >= 0.6 is 0 Å². The Kier molecular flexibility index (Phi) is 6.71. The number of rotatable bonds is 4. The Morgan fingerprint density at radius 1 is 1.27 bits per heavy atom. The van der Waals surface area contributed by atoms with Crippen molar-refractivity contribution in [2.75, 3.05) is 0 Å². The van der Waals surface area contributed by atoms with Crippen molar-refractivity contribution in [2.24, 2.45) is 0 Å². The fourth-order valence-corrected chi connectivity index (χ4v) is 2.08. The Bertz CT molecular complexity index is 401. The van der Waals surface area contributed by atoms with Gasteiger partial charge in [-0.25, -0.2) is 0 Å². The number of unbranched alkanes of at least 4 members (excludes halogenated alkanes) is 1. The van der Waals surface area contributed by atoms with Crippen LogP contribution in [0.1, 0.15) is 25.3 Å². The molecule has 15 heavy (non-hydrogen) atoms. The summed E-state index contributed by atoms with van der Waals surface area (Å²) in [5.41, 5.74) is 0.692. The molecule has 1 aromatic carbocycles. The zero-order valence-electron chi connectivity index (χ0n) is 9.10. The van der Waals surface area contributed by atoms with Gasteiger partial charge in [-0.2, -0.15) is 8.42 Å². The molecule has 0 fully saturated rings. The van der Waals surface area contributed by atoms with Gasteiger partial charge in [-0.3, -0.25) is 4.55 Å². The normalized spacial score (nSPS) is 10.8. The largest absolute Gasteiger partial charge is 0.294 e. The van der Waals surface area contributed by atoms with Gasteiger partial charge in [0.1, 0.15) is 0 Å². The smallest absolute Gasteiger partial charge is 0.282 e. The van der Waals surface area contributed by atoms with Crippen LogP contribution < -0.4 is 0 Å². The van der Waals surface area contributed by atoms with Gasteiger partial charge in [0.25, 0.3) is 10.1 Å².